The predicted molar refractivity (Wildman–Crippen MR) is 85.0 cm³/mol. The van der Waals surface area contributed by atoms with Crippen molar-refractivity contribution in [3.63, 3.8) is 0 Å². The number of rotatable bonds is 3. The maximum absolute atomic E-state index is 12.7. The lowest BCUT2D eigenvalue weighted by Gasteiger charge is -2.20. The average molecular weight is 334 g/mol. The highest BCUT2D eigenvalue weighted by atomic mass is 35.5. The molecule has 1 N–H and O–H groups in total. The largest absolute Gasteiger partial charge is 0.480 e. The molecule has 6 nitrogen and oxygen atoms in total. The Labute approximate surface area is 138 Å². The van der Waals surface area contributed by atoms with Crippen LogP contribution in [0.5, 0.6) is 0 Å². The zero-order valence-corrected chi connectivity index (χ0v) is 13.3. The molecular weight excluding hydrogens is 318 g/mol. The van der Waals surface area contributed by atoms with E-state index in [9.17, 15) is 14.7 Å². The van der Waals surface area contributed by atoms with Gasteiger partial charge in [0.15, 0.2) is 0 Å². The summed E-state index contributed by atoms with van der Waals surface area (Å²) in [4.78, 5) is 25.3. The number of carbonyl (C=O) groups excluding carboxylic acids is 1. The molecule has 0 bridgehead atoms. The summed E-state index contributed by atoms with van der Waals surface area (Å²) in [5.74, 6) is -1.24. The highest BCUT2D eigenvalue weighted by molar-refractivity contribution is 6.30. The number of aryl methyl sites for hydroxylation is 1. The number of nitrogens with zero attached hydrogens (tertiary/aromatic N) is 3. The molecule has 1 amide bonds. The lowest BCUT2D eigenvalue weighted by Crippen LogP contribution is -2.40. The van der Waals surface area contributed by atoms with Gasteiger partial charge in [-0.1, -0.05) is 11.6 Å². The van der Waals surface area contributed by atoms with Crippen LogP contribution in [0.25, 0.3) is 5.69 Å². The minimum Gasteiger partial charge on any atom is -0.480 e. The van der Waals surface area contributed by atoms with Gasteiger partial charge in [-0.25, -0.2) is 9.48 Å². The molecule has 0 saturated carbocycles. The molecule has 1 atom stereocenters. The number of likely N-dealkylation sites (tertiary alicyclic amines) is 1. The lowest BCUT2D eigenvalue weighted by atomic mass is 10.2. The Morgan fingerprint density at radius 1 is 1.30 bits per heavy atom. The number of halogens is 1. The minimum absolute atomic E-state index is 0.285. The van der Waals surface area contributed by atoms with Crippen LogP contribution in [0, 0.1) is 6.92 Å². The van der Waals surface area contributed by atoms with Crippen LogP contribution in [0.2, 0.25) is 5.02 Å². The van der Waals surface area contributed by atoms with E-state index in [1.54, 1.807) is 42.1 Å². The maximum Gasteiger partial charge on any atom is 0.326 e. The van der Waals surface area contributed by atoms with Crippen molar-refractivity contribution < 1.29 is 14.7 Å². The van der Waals surface area contributed by atoms with Gasteiger partial charge in [0.1, 0.15) is 6.04 Å². The monoisotopic (exact) mass is 333 g/mol. The second-order valence-electron chi connectivity index (χ2n) is 5.54. The van der Waals surface area contributed by atoms with Gasteiger partial charge in [0.05, 0.1) is 16.9 Å². The number of aromatic nitrogens is 2. The summed E-state index contributed by atoms with van der Waals surface area (Å²) in [6, 6.07) is 6.35. The van der Waals surface area contributed by atoms with Gasteiger partial charge in [0.25, 0.3) is 5.91 Å². The first kappa shape index (κ1) is 15.6. The molecule has 120 valence electrons. The third kappa shape index (κ3) is 2.94. The number of hydrogen-bond acceptors (Lipinski definition) is 3. The normalized spacial score (nSPS) is 17.5. The van der Waals surface area contributed by atoms with Crippen molar-refractivity contribution in [3.05, 3.63) is 46.7 Å². The SMILES string of the molecule is Cc1nn(-c2ccc(Cl)cc2)cc1C(=O)N1CCC[C@@H]1C(=O)O. The van der Waals surface area contributed by atoms with E-state index in [1.807, 2.05) is 0 Å². The molecule has 1 fully saturated rings. The van der Waals surface area contributed by atoms with Crippen LogP contribution in [0.4, 0.5) is 0 Å². The molecule has 7 heteroatoms. The van der Waals surface area contributed by atoms with E-state index in [4.69, 9.17) is 11.6 Å². The van der Waals surface area contributed by atoms with E-state index in [2.05, 4.69) is 5.10 Å². The Balaban J connectivity index is 1.90. The van der Waals surface area contributed by atoms with Crippen molar-refractivity contribution in [3.8, 4) is 5.69 Å². The fraction of sp³-hybridized carbons (Fsp3) is 0.312. The van der Waals surface area contributed by atoms with Crippen LogP contribution >= 0.6 is 11.6 Å². The Morgan fingerprint density at radius 2 is 2.00 bits per heavy atom. The van der Waals surface area contributed by atoms with Crippen molar-refractivity contribution in [2.45, 2.75) is 25.8 Å². The Bertz CT molecular complexity index is 754. The molecule has 0 radical (unpaired) electrons. The zero-order valence-electron chi connectivity index (χ0n) is 12.6. The molecule has 3 rings (SSSR count). The van der Waals surface area contributed by atoms with E-state index < -0.39 is 12.0 Å². The summed E-state index contributed by atoms with van der Waals surface area (Å²) >= 11 is 5.87. The quantitative estimate of drug-likeness (QED) is 0.936. The number of carboxylic acid groups (broad SMARTS) is 1. The smallest absolute Gasteiger partial charge is 0.326 e. The molecule has 2 heterocycles. The Hall–Kier alpha value is -2.34. The summed E-state index contributed by atoms with van der Waals surface area (Å²) in [6.07, 6.45) is 2.83. The van der Waals surface area contributed by atoms with Gasteiger partial charge in [-0.3, -0.25) is 4.79 Å². The molecule has 1 aromatic carbocycles. The number of benzene rings is 1. The van der Waals surface area contributed by atoms with Gasteiger partial charge in [0.2, 0.25) is 0 Å². The summed E-state index contributed by atoms with van der Waals surface area (Å²) < 4.78 is 1.60. The van der Waals surface area contributed by atoms with Gasteiger partial charge in [0, 0.05) is 17.8 Å². The number of hydrogen-bond donors (Lipinski definition) is 1. The summed E-state index contributed by atoms with van der Waals surface area (Å²) in [5, 5.41) is 14.2. The molecule has 0 spiro atoms. The van der Waals surface area contributed by atoms with Gasteiger partial charge in [-0.15, -0.1) is 0 Å². The first-order valence-electron chi connectivity index (χ1n) is 7.33. The first-order valence-corrected chi connectivity index (χ1v) is 7.71. The molecular formula is C16H16ClN3O3. The van der Waals surface area contributed by atoms with E-state index in [1.165, 1.54) is 4.90 Å². The van der Waals surface area contributed by atoms with Gasteiger partial charge < -0.3 is 10.0 Å². The highest BCUT2D eigenvalue weighted by Gasteiger charge is 2.35. The molecule has 1 aliphatic rings. The summed E-state index contributed by atoms with van der Waals surface area (Å²) in [7, 11) is 0. The van der Waals surface area contributed by atoms with Crippen molar-refractivity contribution in [2.24, 2.45) is 0 Å². The fourth-order valence-corrected chi connectivity index (χ4v) is 2.94. The van der Waals surface area contributed by atoms with Gasteiger partial charge in [-0.2, -0.15) is 5.10 Å². The third-order valence-corrected chi connectivity index (χ3v) is 4.27. The predicted octanol–water partition coefficient (Wildman–Crippen LogP) is 2.52. The molecule has 0 unspecified atom stereocenters. The standard InChI is InChI=1S/C16H16ClN3O3/c1-10-13(15(21)19-8-2-3-14(19)16(22)23)9-20(18-10)12-6-4-11(17)5-7-12/h4-7,9,14H,2-3,8H2,1H3,(H,22,23)/t14-/m1/s1. The number of aliphatic carboxylic acids is 1. The fourth-order valence-electron chi connectivity index (χ4n) is 2.82. The first-order chi connectivity index (χ1) is 11.0. The Kier molecular flexibility index (Phi) is 4.09. The van der Waals surface area contributed by atoms with E-state index in [0.29, 0.717) is 35.7 Å². The minimum atomic E-state index is -0.960. The van der Waals surface area contributed by atoms with Gasteiger partial charge in [-0.05, 0) is 44.0 Å². The van der Waals surface area contributed by atoms with E-state index in [-0.39, 0.29) is 5.91 Å². The van der Waals surface area contributed by atoms with E-state index >= 15 is 0 Å². The van der Waals surface area contributed by atoms with Crippen molar-refractivity contribution in [1.82, 2.24) is 14.7 Å². The van der Waals surface area contributed by atoms with E-state index in [0.717, 1.165) is 5.69 Å². The van der Waals surface area contributed by atoms with Crippen molar-refractivity contribution in [2.75, 3.05) is 6.54 Å². The topological polar surface area (TPSA) is 75.4 Å². The third-order valence-electron chi connectivity index (χ3n) is 4.02. The Morgan fingerprint density at radius 3 is 2.65 bits per heavy atom. The molecule has 23 heavy (non-hydrogen) atoms. The van der Waals surface area contributed by atoms with Crippen molar-refractivity contribution in [1.29, 1.82) is 0 Å². The molecule has 1 aliphatic heterocycles. The summed E-state index contributed by atoms with van der Waals surface area (Å²) in [6.45, 7) is 2.20. The maximum atomic E-state index is 12.7. The van der Waals surface area contributed by atoms with Gasteiger partial charge >= 0.3 is 5.97 Å². The average Bonchev–Trinajstić information content (AvgIpc) is 3.14. The van der Waals surface area contributed by atoms with Crippen LogP contribution in [-0.4, -0.2) is 44.3 Å². The number of carboxylic acids is 1. The molecule has 0 aliphatic carbocycles. The van der Waals surface area contributed by atoms with Crippen LogP contribution in [-0.2, 0) is 4.79 Å². The molecule has 2 aromatic rings. The lowest BCUT2D eigenvalue weighted by molar-refractivity contribution is -0.141. The molecule has 1 aromatic heterocycles. The highest BCUT2D eigenvalue weighted by Crippen LogP contribution is 2.22. The van der Waals surface area contributed by atoms with Crippen LogP contribution < -0.4 is 0 Å². The summed E-state index contributed by atoms with van der Waals surface area (Å²) in [5.41, 5.74) is 1.78. The van der Waals surface area contributed by atoms with Crippen LogP contribution in [0.1, 0.15) is 28.9 Å². The van der Waals surface area contributed by atoms with Crippen molar-refractivity contribution >= 4 is 23.5 Å². The second-order valence-corrected chi connectivity index (χ2v) is 5.98. The molecule has 1 saturated heterocycles. The second kappa shape index (κ2) is 6.04. The zero-order chi connectivity index (χ0) is 16.6. The number of amides is 1. The van der Waals surface area contributed by atoms with Crippen LogP contribution in [0.3, 0.4) is 0 Å². The number of carbonyl (C=O) groups is 2. The van der Waals surface area contributed by atoms with Crippen LogP contribution in [0.15, 0.2) is 30.5 Å².